The molecule has 2 aliphatic carbocycles. The number of rotatable bonds is 2. The van der Waals surface area contributed by atoms with Gasteiger partial charge in [-0.05, 0) is 95.7 Å². The van der Waals surface area contributed by atoms with Gasteiger partial charge in [-0.2, -0.15) is 0 Å². The van der Waals surface area contributed by atoms with Crippen LogP contribution in [0.2, 0.25) is 0 Å². The number of nitrogens with zero attached hydrogens (tertiary/aromatic N) is 2. The minimum atomic E-state index is -0.418. The molecule has 0 fully saturated rings. The van der Waals surface area contributed by atoms with E-state index in [4.69, 9.17) is 4.98 Å². The topological polar surface area (TPSA) is 25.8 Å². The molecule has 11 rings (SSSR count). The summed E-state index contributed by atoms with van der Waals surface area (Å²) < 4.78 is 0. The van der Waals surface area contributed by atoms with Crippen molar-refractivity contribution >= 4 is 32.6 Å². The maximum absolute atomic E-state index is 4.73. The molecule has 0 N–H and O–H groups in total. The van der Waals surface area contributed by atoms with E-state index in [9.17, 15) is 0 Å². The molecule has 0 bridgehead atoms. The Balaban J connectivity index is 1.11. The maximum atomic E-state index is 4.73. The number of hydrogen-bond acceptors (Lipinski definition) is 2. The number of hydrogen-bond donors (Lipinski definition) is 0. The van der Waals surface area contributed by atoms with Gasteiger partial charge in [-0.15, -0.1) is 0 Å². The van der Waals surface area contributed by atoms with Crippen LogP contribution in [0.4, 0.5) is 0 Å². The summed E-state index contributed by atoms with van der Waals surface area (Å²) in [6.45, 7) is 0. The first kappa shape index (κ1) is 26.7. The maximum Gasteiger partial charge on any atom is 0.0970 e. The Kier molecular flexibility index (Phi) is 5.34. The van der Waals surface area contributed by atoms with Gasteiger partial charge in [0.25, 0.3) is 0 Å². The Hall–Kier alpha value is -6.38. The fourth-order valence-corrected chi connectivity index (χ4v) is 8.96. The van der Waals surface area contributed by atoms with Crippen LogP contribution in [-0.2, 0) is 5.41 Å². The van der Waals surface area contributed by atoms with Gasteiger partial charge < -0.3 is 0 Å². The second-order valence-electron chi connectivity index (χ2n) is 13.3. The summed E-state index contributed by atoms with van der Waals surface area (Å²) in [6, 6.07) is 58.4. The van der Waals surface area contributed by atoms with E-state index in [1.165, 1.54) is 72.0 Å². The summed E-state index contributed by atoms with van der Waals surface area (Å²) >= 11 is 0. The predicted octanol–water partition coefficient (Wildman–Crippen LogP) is 11.6. The molecule has 0 saturated heterocycles. The quantitative estimate of drug-likeness (QED) is 0.180. The molecule has 2 heterocycles. The highest BCUT2D eigenvalue weighted by Crippen LogP contribution is 2.62. The Labute approximate surface area is 284 Å². The van der Waals surface area contributed by atoms with E-state index in [0.717, 1.165) is 27.4 Å². The van der Waals surface area contributed by atoms with Crippen LogP contribution in [0.25, 0.3) is 77.1 Å². The molecular weight excluding hydrogens is 593 g/mol. The summed E-state index contributed by atoms with van der Waals surface area (Å²) in [5.74, 6) is 0. The van der Waals surface area contributed by atoms with Crippen LogP contribution >= 0.6 is 0 Å². The summed E-state index contributed by atoms with van der Waals surface area (Å²) in [7, 11) is 0. The standard InChI is InChI=1S/C47H28N2/c1-3-14-40-35(11-1)37-23-22-33(29-17-19-30(20-18-29)34-25-27-49-46-39(34)24-21-32-10-7-26-48-45(32)46)28-43(37)47(40)41-15-4-2-12-36(41)38-13-5-8-31-9-6-16-42(47)44(31)38/h1-28H. The lowest BCUT2D eigenvalue weighted by Crippen LogP contribution is -2.31. The largest absolute Gasteiger partial charge is 0.254 e. The van der Waals surface area contributed by atoms with E-state index in [1.807, 2.05) is 18.5 Å². The van der Waals surface area contributed by atoms with Crippen molar-refractivity contribution in [3.05, 3.63) is 192 Å². The molecule has 1 spiro atoms. The normalized spacial score (nSPS) is 15.4. The Morgan fingerprint density at radius 3 is 1.82 bits per heavy atom. The molecule has 2 aromatic heterocycles. The molecule has 1 atom stereocenters. The van der Waals surface area contributed by atoms with Crippen LogP contribution in [0.15, 0.2) is 170 Å². The molecule has 2 nitrogen and oxygen atoms in total. The van der Waals surface area contributed by atoms with Crippen molar-refractivity contribution in [3.63, 3.8) is 0 Å². The molecule has 2 heteroatoms. The van der Waals surface area contributed by atoms with Gasteiger partial charge in [0, 0.05) is 23.2 Å². The van der Waals surface area contributed by atoms with Gasteiger partial charge in [0.2, 0.25) is 0 Å². The molecule has 226 valence electrons. The lowest BCUT2D eigenvalue weighted by molar-refractivity contribution is 0.774. The summed E-state index contributed by atoms with van der Waals surface area (Å²) in [5.41, 5.74) is 16.9. The number of aromatic nitrogens is 2. The van der Waals surface area contributed by atoms with E-state index < -0.39 is 5.41 Å². The molecule has 2 aliphatic rings. The molecular formula is C47H28N2. The van der Waals surface area contributed by atoms with Crippen LogP contribution in [0, 0.1) is 0 Å². The van der Waals surface area contributed by atoms with E-state index in [0.29, 0.717) is 0 Å². The number of fused-ring (bicyclic) bond motifs is 12. The second-order valence-corrected chi connectivity index (χ2v) is 13.3. The van der Waals surface area contributed by atoms with Gasteiger partial charge in [-0.1, -0.05) is 140 Å². The molecule has 49 heavy (non-hydrogen) atoms. The third-order valence-corrected chi connectivity index (χ3v) is 11.0. The minimum absolute atomic E-state index is 0.418. The smallest absolute Gasteiger partial charge is 0.0970 e. The van der Waals surface area contributed by atoms with E-state index >= 15 is 0 Å². The van der Waals surface area contributed by atoms with Crippen molar-refractivity contribution in [2.24, 2.45) is 0 Å². The lowest BCUT2D eigenvalue weighted by Gasteiger charge is -2.40. The summed E-state index contributed by atoms with van der Waals surface area (Å²) in [5, 5.41) is 4.86. The van der Waals surface area contributed by atoms with Crippen LogP contribution in [0.1, 0.15) is 22.3 Å². The second kappa shape index (κ2) is 9.82. The van der Waals surface area contributed by atoms with Crippen molar-refractivity contribution in [1.82, 2.24) is 9.97 Å². The third-order valence-electron chi connectivity index (χ3n) is 11.0. The fraction of sp³-hybridized carbons (Fsp3) is 0.0213. The van der Waals surface area contributed by atoms with Gasteiger partial charge >= 0.3 is 0 Å². The molecule has 9 aromatic rings. The fourth-order valence-electron chi connectivity index (χ4n) is 8.96. The van der Waals surface area contributed by atoms with Gasteiger partial charge in [-0.25, -0.2) is 0 Å². The highest BCUT2D eigenvalue weighted by atomic mass is 14.7. The van der Waals surface area contributed by atoms with Crippen LogP contribution in [0.5, 0.6) is 0 Å². The van der Waals surface area contributed by atoms with Crippen LogP contribution < -0.4 is 0 Å². The van der Waals surface area contributed by atoms with Crippen LogP contribution in [-0.4, -0.2) is 9.97 Å². The Bertz CT molecular complexity index is 2820. The molecule has 0 saturated carbocycles. The zero-order chi connectivity index (χ0) is 32.1. The van der Waals surface area contributed by atoms with Gasteiger partial charge in [0.15, 0.2) is 0 Å². The predicted molar refractivity (Wildman–Crippen MR) is 202 cm³/mol. The zero-order valence-corrected chi connectivity index (χ0v) is 26.6. The van der Waals surface area contributed by atoms with Gasteiger partial charge in [0.05, 0.1) is 16.4 Å². The molecule has 0 amide bonds. The first-order valence-electron chi connectivity index (χ1n) is 16.9. The number of pyridine rings is 2. The van der Waals surface area contributed by atoms with Crippen molar-refractivity contribution in [2.45, 2.75) is 5.41 Å². The summed E-state index contributed by atoms with van der Waals surface area (Å²) in [4.78, 5) is 9.39. The minimum Gasteiger partial charge on any atom is -0.254 e. The highest BCUT2D eigenvalue weighted by Gasteiger charge is 2.50. The SMILES string of the molecule is c1ccc2c(c1)-c1ccc(-c3ccc(-c4ccnc5c4ccc4cccnc45)cc3)cc1C21c2ccccc2-c2cccc3cccc1c23. The zero-order valence-electron chi connectivity index (χ0n) is 26.6. The first-order valence-corrected chi connectivity index (χ1v) is 16.9. The Morgan fingerprint density at radius 2 is 0.980 bits per heavy atom. The molecule has 0 radical (unpaired) electrons. The molecule has 1 unspecified atom stereocenters. The molecule has 0 aliphatic heterocycles. The van der Waals surface area contributed by atoms with Crippen LogP contribution in [0.3, 0.4) is 0 Å². The van der Waals surface area contributed by atoms with Gasteiger partial charge in [-0.3, -0.25) is 9.97 Å². The van der Waals surface area contributed by atoms with E-state index in [1.54, 1.807) is 0 Å². The van der Waals surface area contributed by atoms with Gasteiger partial charge in [0.1, 0.15) is 0 Å². The summed E-state index contributed by atoms with van der Waals surface area (Å²) in [6.07, 6.45) is 3.74. The average molecular weight is 621 g/mol. The molecule has 7 aromatic carbocycles. The van der Waals surface area contributed by atoms with E-state index in [-0.39, 0.29) is 0 Å². The van der Waals surface area contributed by atoms with E-state index in [2.05, 4.69) is 157 Å². The number of benzene rings is 7. The third kappa shape index (κ3) is 3.50. The lowest BCUT2D eigenvalue weighted by atomic mass is 9.61. The van der Waals surface area contributed by atoms with Crippen molar-refractivity contribution < 1.29 is 0 Å². The average Bonchev–Trinajstić information content (AvgIpc) is 3.46. The van der Waals surface area contributed by atoms with Crippen molar-refractivity contribution in [2.75, 3.05) is 0 Å². The van der Waals surface area contributed by atoms with Crippen molar-refractivity contribution in [1.29, 1.82) is 0 Å². The van der Waals surface area contributed by atoms with Crippen molar-refractivity contribution in [3.8, 4) is 44.5 Å². The highest BCUT2D eigenvalue weighted by molar-refractivity contribution is 6.09. The monoisotopic (exact) mass is 620 g/mol. The first-order chi connectivity index (χ1) is 24.3. The Morgan fingerprint density at radius 1 is 0.347 bits per heavy atom.